The van der Waals surface area contributed by atoms with Crippen LogP contribution >= 0.6 is 0 Å². The summed E-state index contributed by atoms with van der Waals surface area (Å²) in [5.41, 5.74) is 1.67. The number of anilines is 2. The van der Waals surface area contributed by atoms with E-state index >= 15 is 0 Å². The predicted octanol–water partition coefficient (Wildman–Crippen LogP) is 0.725. The molecule has 1 aromatic rings. The van der Waals surface area contributed by atoms with E-state index in [9.17, 15) is 5.11 Å². The number of hydrazine groups is 1. The number of hydrogen-bond acceptors (Lipinski definition) is 6. The van der Waals surface area contributed by atoms with Crippen molar-refractivity contribution in [2.24, 2.45) is 5.84 Å². The van der Waals surface area contributed by atoms with Crippen LogP contribution in [-0.4, -0.2) is 27.2 Å². The molecular weight excluding hydrogens is 206 g/mol. The van der Waals surface area contributed by atoms with Crippen LogP contribution in [0.3, 0.4) is 0 Å². The fourth-order valence-corrected chi connectivity index (χ4v) is 1.28. The zero-order valence-corrected chi connectivity index (χ0v) is 9.70. The van der Waals surface area contributed by atoms with Crippen LogP contribution in [-0.2, 0) is 0 Å². The van der Waals surface area contributed by atoms with Crippen LogP contribution in [0, 0.1) is 0 Å². The van der Waals surface area contributed by atoms with E-state index in [0.717, 1.165) is 0 Å². The van der Waals surface area contributed by atoms with Crippen LogP contribution in [0.4, 0.5) is 11.8 Å². The van der Waals surface area contributed by atoms with E-state index in [-0.39, 0.29) is 0 Å². The lowest BCUT2D eigenvalue weighted by molar-refractivity contribution is 0.0456. The third-order valence-electron chi connectivity index (χ3n) is 2.70. The highest BCUT2D eigenvalue weighted by atomic mass is 16.3. The molecule has 0 amide bonds. The van der Waals surface area contributed by atoms with Crippen molar-refractivity contribution in [2.45, 2.75) is 32.3 Å². The number of aliphatic hydroxyl groups is 1. The number of nitrogen functional groups attached to an aromatic ring is 1. The minimum atomic E-state index is -0.693. The first-order chi connectivity index (χ1) is 7.63. The molecule has 1 rings (SSSR count). The Morgan fingerprint density at radius 2 is 2.12 bits per heavy atom. The molecule has 0 fully saturated rings. The molecule has 0 saturated heterocycles. The summed E-state index contributed by atoms with van der Waals surface area (Å²) < 4.78 is 0. The normalized spacial score (nSPS) is 11.2. The Labute approximate surface area is 95.3 Å². The number of aromatic nitrogens is 2. The molecular formula is C10H19N5O. The van der Waals surface area contributed by atoms with Crippen LogP contribution < -0.4 is 16.6 Å². The minimum Gasteiger partial charge on any atom is -0.388 e. The van der Waals surface area contributed by atoms with Crippen LogP contribution in [0.25, 0.3) is 0 Å². The van der Waals surface area contributed by atoms with Gasteiger partial charge in [0.25, 0.3) is 0 Å². The first-order valence-electron chi connectivity index (χ1n) is 5.39. The summed E-state index contributed by atoms with van der Waals surface area (Å²) in [6.07, 6.45) is 2.99. The van der Waals surface area contributed by atoms with Gasteiger partial charge in [0.1, 0.15) is 5.82 Å². The molecule has 6 nitrogen and oxygen atoms in total. The van der Waals surface area contributed by atoms with Crippen LogP contribution in [0.15, 0.2) is 12.3 Å². The standard InChI is InChI=1S/C10H19N5O/c1-3-10(16,4-2)7-13-8-5-6-12-9(14-8)15-11/h5-6,16H,3-4,7,11H2,1-2H3,(H2,12,13,14,15). The molecule has 0 atom stereocenters. The summed E-state index contributed by atoms with van der Waals surface area (Å²) in [7, 11) is 0. The number of nitrogens with two attached hydrogens (primary N) is 1. The first-order valence-corrected chi connectivity index (χ1v) is 5.39. The predicted molar refractivity (Wildman–Crippen MR) is 63.9 cm³/mol. The lowest BCUT2D eigenvalue weighted by Gasteiger charge is -2.25. The van der Waals surface area contributed by atoms with Crippen LogP contribution in [0.5, 0.6) is 0 Å². The fraction of sp³-hybridized carbons (Fsp3) is 0.600. The lowest BCUT2D eigenvalue weighted by atomic mass is 9.98. The molecule has 90 valence electrons. The number of rotatable bonds is 6. The van der Waals surface area contributed by atoms with Crippen LogP contribution in [0.2, 0.25) is 0 Å². The van der Waals surface area contributed by atoms with E-state index in [2.05, 4.69) is 20.7 Å². The molecule has 1 heterocycles. The summed E-state index contributed by atoms with van der Waals surface area (Å²) in [6.45, 7) is 4.37. The Kier molecular flexibility index (Phi) is 4.45. The smallest absolute Gasteiger partial charge is 0.239 e. The van der Waals surface area contributed by atoms with Crippen molar-refractivity contribution in [3.63, 3.8) is 0 Å². The van der Waals surface area contributed by atoms with Crippen molar-refractivity contribution >= 4 is 11.8 Å². The van der Waals surface area contributed by atoms with Crippen LogP contribution in [0.1, 0.15) is 26.7 Å². The Balaban J connectivity index is 2.60. The zero-order chi connectivity index (χ0) is 12.0. The quantitative estimate of drug-likeness (QED) is 0.421. The van der Waals surface area contributed by atoms with E-state index in [4.69, 9.17) is 5.84 Å². The molecule has 0 aromatic carbocycles. The molecule has 16 heavy (non-hydrogen) atoms. The average Bonchev–Trinajstić information content (AvgIpc) is 2.36. The molecule has 0 aliphatic rings. The summed E-state index contributed by atoms with van der Waals surface area (Å²) >= 11 is 0. The largest absolute Gasteiger partial charge is 0.388 e. The summed E-state index contributed by atoms with van der Waals surface area (Å²) in [4.78, 5) is 7.99. The molecule has 1 aromatic heterocycles. The fourth-order valence-electron chi connectivity index (χ4n) is 1.28. The Hall–Kier alpha value is -1.40. The number of nitrogens with zero attached hydrogens (tertiary/aromatic N) is 2. The molecule has 0 bridgehead atoms. The maximum atomic E-state index is 10.1. The van der Waals surface area contributed by atoms with Gasteiger partial charge in [-0.3, -0.25) is 5.43 Å². The second kappa shape index (κ2) is 5.62. The highest BCUT2D eigenvalue weighted by molar-refractivity contribution is 5.39. The molecule has 6 heteroatoms. The first kappa shape index (κ1) is 12.7. The molecule has 0 aliphatic carbocycles. The van der Waals surface area contributed by atoms with Gasteiger partial charge < -0.3 is 10.4 Å². The number of hydrogen-bond donors (Lipinski definition) is 4. The van der Waals surface area contributed by atoms with Gasteiger partial charge in [-0.05, 0) is 18.9 Å². The SMILES string of the molecule is CCC(O)(CC)CNc1ccnc(NN)n1. The Bertz CT molecular complexity index is 327. The maximum absolute atomic E-state index is 10.1. The maximum Gasteiger partial charge on any atom is 0.239 e. The highest BCUT2D eigenvalue weighted by Gasteiger charge is 2.21. The molecule has 0 saturated carbocycles. The minimum absolute atomic E-state index is 0.349. The second-order valence-corrected chi connectivity index (χ2v) is 3.69. The molecule has 0 spiro atoms. The third-order valence-corrected chi connectivity index (χ3v) is 2.70. The van der Waals surface area contributed by atoms with E-state index in [1.54, 1.807) is 12.3 Å². The van der Waals surface area contributed by atoms with Gasteiger partial charge in [-0.2, -0.15) is 4.98 Å². The van der Waals surface area contributed by atoms with Gasteiger partial charge in [0.05, 0.1) is 5.60 Å². The van der Waals surface area contributed by atoms with Gasteiger partial charge in [-0.25, -0.2) is 10.8 Å². The van der Waals surface area contributed by atoms with Gasteiger partial charge in [0, 0.05) is 12.7 Å². The molecule has 0 unspecified atom stereocenters. The lowest BCUT2D eigenvalue weighted by Crippen LogP contribution is -2.35. The van der Waals surface area contributed by atoms with E-state index in [1.807, 2.05) is 13.8 Å². The summed E-state index contributed by atoms with van der Waals surface area (Å²) in [6, 6.07) is 1.73. The third kappa shape index (κ3) is 3.32. The van der Waals surface area contributed by atoms with Gasteiger partial charge in [0.15, 0.2) is 0 Å². The highest BCUT2D eigenvalue weighted by Crippen LogP contribution is 2.15. The summed E-state index contributed by atoms with van der Waals surface area (Å²) in [5.74, 6) is 6.19. The monoisotopic (exact) mass is 225 g/mol. The van der Waals surface area contributed by atoms with E-state index in [0.29, 0.717) is 31.2 Å². The Morgan fingerprint density at radius 3 is 2.69 bits per heavy atom. The van der Waals surface area contributed by atoms with E-state index in [1.165, 1.54) is 0 Å². The Morgan fingerprint density at radius 1 is 1.44 bits per heavy atom. The molecule has 0 radical (unpaired) electrons. The number of nitrogens with one attached hydrogen (secondary N) is 2. The topological polar surface area (TPSA) is 96.1 Å². The van der Waals surface area contributed by atoms with Crippen molar-refractivity contribution in [2.75, 3.05) is 17.3 Å². The van der Waals surface area contributed by atoms with Crippen molar-refractivity contribution in [1.29, 1.82) is 0 Å². The van der Waals surface area contributed by atoms with Crippen molar-refractivity contribution in [3.8, 4) is 0 Å². The van der Waals surface area contributed by atoms with Crippen molar-refractivity contribution < 1.29 is 5.11 Å². The zero-order valence-electron chi connectivity index (χ0n) is 9.70. The van der Waals surface area contributed by atoms with Gasteiger partial charge >= 0.3 is 0 Å². The van der Waals surface area contributed by atoms with Gasteiger partial charge in [-0.1, -0.05) is 13.8 Å². The van der Waals surface area contributed by atoms with E-state index < -0.39 is 5.60 Å². The molecule has 0 aliphatic heterocycles. The second-order valence-electron chi connectivity index (χ2n) is 3.69. The summed E-state index contributed by atoms with van der Waals surface area (Å²) in [5, 5.41) is 13.1. The van der Waals surface area contributed by atoms with Gasteiger partial charge in [0.2, 0.25) is 5.95 Å². The van der Waals surface area contributed by atoms with Crippen molar-refractivity contribution in [1.82, 2.24) is 9.97 Å². The molecule has 5 N–H and O–H groups in total. The van der Waals surface area contributed by atoms with Crippen molar-refractivity contribution in [3.05, 3.63) is 12.3 Å². The van der Waals surface area contributed by atoms with Gasteiger partial charge in [-0.15, -0.1) is 0 Å². The average molecular weight is 225 g/mol.